The number of nitrogens with zero attached hydrogens (tertiary/aromatic N) is 3. The summed E-state index contributed by atoms with van der Waals surface area (Å²) >= 11 is 0. The van der Waals surface area contributed by atoms with Crippen molar-refractivity contribution in [3.05, 3.63) is 53.9 Å². The molecule has 3 heteroatoms. The van der Waals surface area contributed by atoms with Crippen molar-refractivity contribution in [2.24, 2.45) is 0 Å². The van der Waals surface area contributed by atoms with E-state index in [1.807, 2.05) is 12.1 Å². The molecule has 3 nitrogen and oxygen atoms in total. The molecule has 1 unspecified atom stereocenters. The molecular formula is C17H15N3. The first-order valence-electron chi connectivity index (χ1n) is 6.97. The smallest absolute Gasteiger partial charge is 0.178 e. The van der Waals surface area contributed by atoms with Crippen LogP contribution in [0, 0.1) is 0 Å². The number of benzene rings is 1. The average molecular weight is 261 g/mol. The molecule has 0 bridgehead atoms. The Morgan fingerprint density at radius 1 is 1.05 bits per heavy atom. The molecule has 0 aliphatic heterocycles. The summed E-state index contributed by atoms with van der Waals surface area (Å²) in [5.41, 5.74) is 6.15. The fraction of sp³-hybridized carbons (Fsp3) is 0.235. The lowest BCUT2D eigenvalue weighted by Gasteiger charge is -2.23. The van der Waals surface area contributed by atoms with E-state index in [1.165, 1.54) is 11.1 Å². The Morgan fingerprint density at radius 3 is 2.75 bits per heavy atom. The zero-order valence-corrected chi connectivity index (χ0v) is 11.6. The number of rotatable bonds is 1. The molecule has 4 rings (SSSR count). The highest BCUT2D eigenvalue weighted by Gasteiger charge is 2.40. The molecule has 0 amide bonds. The molecule has 0 N–H and O–H groups in total. The third-order valence-electron chi connectivity index (χ3n) is 4.45. The zero-order chi connectivity index (χ0) is 13.7. The van der Waals surface area contributed by atoms with Gasteiger partial charge in [0.15, 0.2) is 5.65 Å². The highest BCUT2D eigenvalue weighted by molar-refractivity contribution is 5.82. The SMILES string of the molecule is CCC1(C)c2ccccc2-c2nc3ncccc3nc21. The fourth-order valence-corrected chi connectivity index (χ4v) is 3.12. The van der Waals surface area contributed by atoms with Crippen LogP contribution in [0.1, 0.15) is 31.5 Å². The summed E-state index contributed by atoms with van der Waals surface area (Å²) in [4.78, 5) is 14.0. The summed E-state index contributed by atoms with van der Waals surface area (Å²) in [5.74, 6) is 0. The van der Waals surface area contributed by atoms with Crippen molar-refractivity contribution in [1.82, 2.24) is 15.0 Å². The Morgan fingerprint density at radius 2 is 1.90 bits per heavy atom. The van der Waals surface area contributed by atoms with E-state index >= 15 is 0 Å². The fourth-order valence-electron chi connectivity index (χ4n) is 3.12. The van der Waals surface area contributed by atoms with Crippen molar-refractivity contribution in [3.8, 4) is 11.3 Å². The summed E-state index contributed by atoms with van der Waals surface area (Å²) in [6.45, 7) is 4.47. The van der Waals surface area contributed by atoms with E-state index in [0.29, 0.717) is 0 Å². The lowest BCUT2D eigenvalue weighted by Crippen LogP contribution is -2.20. The maximum atomic E-state index is 4.87. The zero-order valence-electron chi connectivity index (χ0n) is 11.6. The molecule has 0 saturated carbocycles. The number of pyridine rings is 1. The van der Waals surface area contributed by atoms with Crippen molar-refractivity contribution < 1.29 is 0 Å². The molecule has 2 aromatic heterocycles. The number of hydrogen-bond donors (Lipinski definition) is 0. The molecule has 0 radical (unpaired) electrons. The van der Waals surface area contributed by atoms with E-state index in [4.69, 9.17) is 9.97 Å². The normalized spacial score (nSPS) is 19.9. The minimum atomic E-state index is -0.0526. The van der Waals surface area contributed by atoms with Gasteiger partial charge in [-0.25, -0.2) is 15.0 Å². The maximum Gasteiger partial charge on any atom is 0.178 e. The average Bonchev–Trinajstić information content (AvgIpc) is 2.76. The van der Waals surface area contributed by atoms with Gasteiger partial charge in [-0.1, -0.05) is 31.2 Å². The van der Waals surface area contributed by atoms with Crippen molar-refractivity contribution >= 4 is 11.2 Å². The van der Waals surface area contributed by atoms with E-state index in [1.54, 1.807) is 6.20 Å². The van der Waals surface area contributed by atoms with Gasteiger partial charge in [0.25, 0.3) is 0 Å². The summed E-state index contributed by atoms with van der Waals surface area (Å²) in [7, 11) is 0. The lowest BCUT2D eigenvalue weighted by atomic mass is 9.80. The minimum Gasteiger partial charge on any atom is -0.246 e. The molecule has 3 aromatic rings. The number of hydrogen-bond acceptors (Lipinski definition) is 3. The van der Waals surface area contributed by atoms with Gasteiger partial charge in [0.1, 0.15) is 5.52 Å². The van der Waals surface area contributed by atoms with E-state index < -0.39 is 0 Å². The first-order valence-corrected chi connectivity index (χ1v) is 6.97. The predicted molar refractivity (Wildman–Crippen MR) is 79.5 cm³/mol. The van der Waals surface area contributed by atoms with Crippen LogP contribution in [-0.2, 0) is 5.41 Å². The first kappa shape index (κ1) is 11.5. The third-order valence-corrected chi connectivity index (χ3v) is 4.45. The second kappa shape index (κ2) is 3.85. The quantitative estimate of drug-likeness (QED) is 0.670. The Labute approximate surface area is 117 Å². The highest BCUT2D eigenvalue weighted by atomic mass is 14.9. The van der Waals surface area contributed by atoms with Gasteiger partial charge < -0.3 is 0 Å². The number of fused-ring (bicyclic) bond motifs is 4. The van der Waals surface area contributed by atoms with E-state index in [2.05, 4.69) is 43.1 Å². The third kappa shape index (κ3) is 1.32. The van der Waals surface area contributed by atoms with Gasteiger partial charge in [-0.2, -0.15) is 0 Å². The molecule has 20 heavy (non-hydrogen) atoms. The van der Waals surface area contributed by atoms with Crippen LogP contribution >= 0.6 is 0 Å². The van der Waals surface area contributed by atoms with Crippen molar-refractivity contribution in [2.45, 2.75) is 25.7 Å². The first-order chi connectivity index (χ1) is 9.74. The number of aromatic nitrogens is 3. The van der Waals surface area contributed by atoms with Crippen LogP contribution in [0.3, 0.4) is 0 Å². The van der Waals surface area contributed by atoms with Crippen LogP contribution in [0.25, 0.3) is 22.4 Å². The lowest BCUT2D eigenvalue weighted by molar-refractivity contribution is 0.548. The minimum absolute atomic E-state index is 0.0526. The summed E-state index contributed by atoms with van der Waals surface area (Å²) in [6, 6.07) is 12.4. The van der Waals surface area contributed by atoms with Crippen molar-refractivity contribution in [2.75, 3.05) is 0 Å². The second-order valence-electron chi connectivity index (χ2n) is 5.50. The molecule has 98 valence electrons. The summed E-state index contributed by atoms with van der Waals surface area (Å²) in [6.07, 6.45) is 2.78. The van der Waals surface area contributed by atoms with E-state index in [-0.39, 0.29) is 5.41 Å². The maximum absolute atomic E-state index is 4.87. The van der Waals surface area contributed by atoms with Crippen molar-refractivity contribution in [3.63, 3.8) is 0 Å². The molecule has 0 fully saturated rings. The van der Waals surface area contributed by atoms with Gasteiger partial charge >= 0.3 is 0 Å². The molecule has 0 spiro atoms. The molecule has 0 saturated heterocycles. The Hall–Kier alpha value is -2.29. The van der Waals surface area contributed by atoms with Gasteiger partial charge in [-0.05, 0) is 31.0 Å². The van der Waals surface area contributed by atoms with Gasteiger partial charge in [0, 0.05) is 17.2 Å². The van der Waals surface area contributed by atoms with Crippen LogP contribution in [0.5, 0.6) is 0 Å². The van der Waals surface area contributed by atoms with E-state index in [9.17, 15) is 0 Å². The topological polar surface area (TPSA) is 38.7 Å². The molecule has 1 aliphatic rings. The van der Waals surface area contributed by atoms with Crippen LogP contribution in [0.4, 0.5) is 0 Å². The standard InChI is InChI=1S/C17H15N3/c1-3-17(2)12-8-5-4-7-11(12)14-15(17)19-13-9-6-10-18-16(13)20-14/h4-10H,3H2,1-2H3. The second-order valence-corrected chi connectivity index (χ2v) is 5.50. The van der Waals surface area contributed by atoms with E-state index in [0.717, 1.165) is 29.0 Å². The monoisotopic (exact) mass is 261 g/mol. The van der Waals surface area contributed by atoms with Crippen LogP contribution in [-0.4, -0.2) is 15.0 Å². The highest BCUT2D eigenvalue weighted by Crippen LogP contribution is 2.48. The predicted octanol–water partition coefficient (Wildman–Crippen LogP) is 3.72. The summed E-state index contributed by atoms with van der Waals surface area (Å²) in [5, 5.41) is 0. The van der Waals surface area contributed by atoms with Gasteiger partial charge in [-0.15, -0.1) is 0 Å². The Bertz CT molecular complexity index is 825. The van der Waals surface area contributed by atoms with Gasteiger partial charge in [0.2, 0.25) is 0 Å². The molecule has 2 heterocycles. The Kier molecular flexibility index (Phi) is 2.22. The van der Waals surface area contributed by atoms with Gasteiger partial charge in [-0.3, -0.25) is 0 Å². The molecule has 1 aliphatic carbocycles. The summed E-state index contributed by atoms with van der Waals surface area (Å²) < 4.78 is 0. The van der Waals surface area contributed by atoms with Crippen LogP contribution < -0.4 is 0 Å². The van der Waals surface area contributed by atoms with Gasteiger partial charge in [0.05, 0.1) is 11.4 Å². The molecule has 1 aromatic carbocycles. The van der Waals surface area contributed by atoms with Crippen molar-refractivity contribution in [1.29, 1.82) is 0 Å². The molecule has 1 atom stereocenters. The largest absolute Gasteiger partial charge is 0.246 e. The van der Waals surface area contributed by atoms with Crippen LogP contribution in [0.2, 0.25) is 0 Å². The Balaban J connectivity index is 2.13. The molecular weight excluding hydrogens is 246 g/mol. The van der Waals surface area contributed by atoms with Crippen LogP contribution in [0.15, 0.2) is 42.6 Å².